The largest absolute Gasteiger partial charge is 0.441 e. The zero-order valence-electron chi connectivity index (χ0n) is 14.9. The van der Waals surface area contributed by atoms with Gasteiger partial charge in [-0.25, -0.2) is 19.3 Å². The van der Waals surface area contributed by atoms with Crippen LogP contribution in [-0.4, -0.2) is 25.5 Å². The standard InChI is InChI=1S/C21H16FN5O/c22-17(13-1-2-13)10-20-25-12-18(28-20)16-4-3-15(11-23)26-21(16)14-5-7-27-8-6-24-19(27)9-14/h3-9,12-13,17H,1-2,10H2. The van der Waals surface area contributed by atoms with Crippen molar-refractivity contribution in [2.45, 2.75) is 25.4 Å². The van der Waals surface area contributed by atoms with Gasteiger partial charge in [0, 0.05) is 29.7 Å². The Bertz CT molecular complexity index is 1200. The number of oxazole rings is 1. The minimum atomic E-state index is -0.909. The Kier molecular flexibility index (Phi) is 3.90. The summed E-state index contributed by atoms with van der Waals surface area (Å²) in [6.07, 6.45) is 8.21. The normalized spacial score (nSPS) is 14.9. The van der Waals surface area contributed by atoms with Crippen molar-refractivity contribution < 1.29 is 8.81 Å². The zero-order chi connectivity index (χ0) is 19.1. The first-order valence-electron chi connectivity index (χ1n) is 9.14. The second-order valence-electron chi connectivity index (χ2n) is 6.99. The van der Waals surface area contributed by atoms with E-state index in [2.05, 4.69) is 21.0 Å². The minimum Gasteiger partial charge on any atom is -0.441 e. The van der Waals surface area contributed by atoms with Crippen LogP contribution in [-0.2, 0) is 6.42 Å². The van der Waals surface area contributed by atoms with Gasteiger partial charge in [-0.1, -0.05) is 0 Å². The molecule has 1 aliphatic rings. The molecule has 4 heterocycles. The smallest absolute Gasteiger partial charge is 0.197 e. The number of fused-ring (bicyclic) bond motifs is 1. The van der Waals surface area contributed by atoms with Crippen LogP contribution in [0.15, 0.2) is 53.5 Å². The van der Waals surface area contributed by atoms with Crippen molar-refractivity contribution in [1.82, 2.24) is 19.4 Å². The fourth-order valence-corrected chi connectivity index (χ4v) is 3.32. The van der Waals surface area contributed by atoms with Crippen molar-refractivity contribution in [3.8, 4) is 28.7 Å². The molecule has 6 nitrogen and oxygen atoms in total. The van der Waals surface area contributed by atoms with Gasteiger partial charge in [0.05, 0.1) is 18.3 Å². The number of pyridine rings is 2. The van der Waals surface area contributed by atoms with E-state index in [1.807, 2.05) is 28.9 Å². The van der Waals surface area contributed by atoms with E-state index < -0.39 is 6.17 Å². The van der Waals surface area contributed by atoms with Gasteiger partial charge in [-0.05, 0) is 43.0 Å². The Labute approximate surface area is 160 Å². The van der Waals surface area contributed by atoms with Crippen molar-refractivity contribution >= 4 is 5.65 Å². The van der Waals surface area contributed by atoms with E-state index >= 15 is 0 Å². The van der Waals surface area contributed by atoms with Gasteiger partial charge in [0.1, 0.15) is 23.6 Å². The highest BCUT2D eigenvalue weighted by Crippen LogP contribution is 2.37. The van der Waals surface area contributed by atoms with Crippen molar-refractivity contribution in [2.75, 3.05) is 0 Å². The molecular weight excluding hydrogens is 357 g/mol. The van der Waals surface area contributed by atoms with Gasteiger partial charge in [0.2, 0.25) is 0 Å². The number of alkyl halides is 1. The molecule has 5 rings (SSSR count). The van der Waals surface area contributed by atoms with E-state index in [0.29, 0.717) is 28.6 Å². The fraction of sp³-hybridized carbons (Fsp3) is 0.238. The molecule has 1 fully saturated rings. The predicted octanol–water partition coefficient (Wildman–Crippen LogP) is 4.21. The van der Waals surface area contributed by atoms with Crippen molar-refractivity contribution in [3.63, 3.8) is 0 Å². The lowest BCUT2D eigenvalue weighted by atomic mass is 10.0. The van der Waals surface area contributed by atoms with Crippen LogP contribution in [0.2, 0.25) is 0 Å². The van der Waals surface area contributed by atoms with Gasteiger partial charge in [-0.2, -0.15) is 5.26 Å². The number of nitriles is 1. The topological polar surface area (TPSA) is 80.0 Å². The Morgan fingerprint density at radius 3 is 2.96 bits per heavy atom. The molecule has 0 saturated heterocycles. The van der Waals surface area contributed by atoms with Gasteiger partial charge >= 0.3 is 0 Å². The molecule has 1 unspecified atom stereocenters. The van der Waals surface area contributed by atoms with Gasteiger partial charge in [0.15, 0.2) is 11.7 Å². The summed E-state index contributed by atoms with van der Waals surface area (Å²) in [7, 11) is 0. The van der Waals surface area contributed by atoms with E-state index in [-0.39, 0.29) is 12.3 Å². The van der Waals surface area contributed by atoms with Gasteiger partial charge in [-0.3, -0.25) is 0 Å². The molecule has 1 aliphatic carbocycles. The van der Waals surface area contributed by atoms with Crippen LogP contribution in [0.3, 0.4) is 0 Å². The molecule has 0 spiro atoms. The average molecular weight is 373 g/mol. The highest BCUT2D eigenvalue weighted by molar-refractivity contribution is 5.79. The van der Waals surface area contributed by atoms with Crippen molar-refractivity contribution in [1.29, 1.82) is 5.26 Å². The van der Waals surface area contributed by atoms with Crippen LogP contribution in [0.1, 0.15) is 24.4 Å². The van der Waals surface area contributed by atoms with Crippen LogP contribution in [0.4, 0.5) is 4.39 Å². The highest BCUT2D eigenvalue weighted by atomic mass is 19.1. The van der Waals surface area contributed by atoms with Crippen LogP contribution < -0.4 is 0 Å². The number of nitrogens with zero attached hydrogens (tertiary/aromatic N) is 5. The van der Waals surface area contributed by atoms with E-state index in [9.17, 15) is 9.65 Å². The van der Waals surface area contributed by atoms with E-state index in [4.69, 9.17) is 4.42 Å². The maximum absolute atomic E-state index is 14.1. The molecule has 4 aromatic heterocycles. The first kappa shape index (κ1) is 16.6. The van der Waals surface area contributed by atoms with E-state index in [1.54, 1.807) is 24.5 Å². The summed E-state index contributed by atoms with van der Waals surface area (Å²) in [6.45, 7) is 0. The van der Waals surface area contributed by atoms with Crippen LogP contribution >= 0.6 is 0 Å². The lowest BCUT2D eigenvalue weighted by Crippen LogP contribution is -2.06. The van der Waals surface area contributed by atoms with E-state index in [0.717, 1.165) is 24.1 Å². The number of imidazole rings is 1. The third-order valence-corrected chi connectivity index (χ3v) is 5.00. The van der Waals surface area contributed by atoms with Gasteiger partial charge < -0.3 is 8.82 Å². The maximum Gasteiger partial charge on any atom is 0.197 e. The molecular formula is C21H16FN5O. The quantitative estimate of drug-likeness (QED) is 0.523. The maximum atomic E-state index is 14.1. The van der Waals surface area contributed by atoms with Crippen molar-refractivity contribution in [2.24, 2.45) is 5.92 Å². The monoisotopic (exact) mass is 373 g/mol. The lowest BCUT2D eigenvalue weighted by Gasteiger charge is -2.08. The lowest BCUT2D eigenvalue weighted by molar-refractivity contribution is 0.276. The average Bonchev–Trinajstić information content (AvgIpc) is 3.30. The number of aromatic nitrogens is 4. The predicted molar refractivity (Wildman–Crippen MR) is 100.0 cm³/mol. The summed E-state index contributed by atoms with van der Waals surface area (Å²) in [6, 6.07) is 9.30. The van der Waals surface area contributed by atoms with Crippen LogP contribution in [0.25, 0.3) is 28.2 Å². The van der Waals surface area contributed by atoms with Crippen LogP contribution in [0, 0.1) is 17.2 Å². The summed E-state index contributed by atoms with van der Waals surface area (Å²) in [4.78, 5) is 13.0. The number of rotatable bonds is 5. The highest BCUT2D eigenvalue weighted by Gasteiger charge is 2.32. The van der Waals surface area contributed by atoms with Gasteiger partial charge in [0.25, 0.3) is 0 Å². The Morgan fingerprint density at radius 1 is 1.25 bits per heavy atom. The summed E-state index contributed by atoms with van der Waals surface area (Å²) >= 11 is 0. The fourth-order valence-electron chi connectivity index (χ4n) is 3.32. The zero-order valence-corrected chi connectivity index (χ0v) is 14.9. The third-order valence-electron chi connectivity index (χ3n) is 5.00. The third kappa shape index (κ3) is 3.03. The second-order valence-corrected chi connectivity index (χ2v) is 6.99. The molecule has 138 valence electrons. The number of halogens is 1. The van der Waals surface area contributed by atoms with Gasteiger partial charge in [-0.15, -0.1) is 0 Å². The minimum absolute atomic E-state index is 0.142. The molecule has 0 radical (unpaired) electrons. The van der Waals surface area contributed by atoms with E-state index in [1.165, 1.54) is 0 Å². The number of hydrogen-bond donors (Lipinski definition) is 0. The molecule has 1 atom stereocenters. The molecule has 4 aromatic rings. The first-order valence-corrected chi connectivity index (χ1v) is 9.14. The molecule has 1 saturated carbocycles. The molecule has 0 aromatic carbocycles. The molecule has 28 heavy (non-hydrogen) atoms. The summed E-state index contributed by atoms with van der Waals surface area (Å²) < 4.78 is 21.8. The molecule has 0 N–H and O–H groups in total. The number of hydrogen-bond acceptors (Lipinski definition) is 5. The summed E-state index contributed by atoms with van der Waals surface area (Å²) in [5, 5.41) is 9.26. The Hall–Kier alpha value is -3.53. The van der Waals surface area contributed by atoms with Crippen molar-refractivity contribution in [3.05, 3.63) is 60.6 Å². The van der Waals surface area contributed by atoms with Crippen LogP contribution in [0.5, 0.6) is 0 Å². The second kappa shape index (κ2) is 6.57. The molecule has 0 amide bonds. The molecule has 7 heteroatoms. The molecule has 0 bridgehead atoms. The summed E-state index contributed by atoms with van der Waals surface area (Å²) in [5.41, 5.74) is 3.20. The molecule has 0 aliphatic heterocycles. The SMILES string of the molecule is N#Cc1ccc(-c2cnc(CC(F)C3CC3)o2)c(-c2ccn3ccnc3c2)n1. The summed E-state index contributed by atoms with van der Waals surface area (Å²) in [5.74, 6) is 1.03. The first-order chi connectivity index (χ1) is 13.7. The Morgan fingerprint density at radius 2 is 2.14 bits per heavy atom. The Balaban J connectivity index is 1.56.